The van der Waals surface area contributed by atoms with Gasteiger partial charge in [0.1, 0.15) is 11.4 Å². The zero-order valence-corrected chi connectivity index (χ0v) is 13.2. The molecular weight excluding hydrogens is 324 g/mol. The Kier molecular flexibility index (Phi) is 3.47. The average molecular weight is 336 g/mol. The van der Waals surface area contributed by atoms with Crippen molar-refractivity contribution in [3.05, 3.63) is 60.1 Å². The molecule has 0 amide bonds. The van der Waals surface area contributed by atoms with Crippen LogP contribution in [-0.4, -0.2) is 19.6 Å². The average Bonchev–Trinajstić information content (AvgIpc) is 3.22. The number of aromatic nitrogens is 2. The summed E-state index contributed by atoms with van der Waals surface area (Å²) >= 11 is 1.54. The fourth-order valence-corrected chi connectivity index (χ4v) is 3.05. The van der Waals surface area contributed by atoms with Gasteiger partial charge < -0.3 is 10.2 Å². The van der Waals surface area contributed by atoms with E-state index in [1.165, 1.54) is 0 Å². The van der Waals surface area contributed by atoms with Crippen LogP contribution in [0.1, 0.15) is 0 Å². The first-order chi connectivity index (χ1) is 11.7. The Balaban J connectivity index is 1.88. The van der Waals surface area contributed by atoms with E-state index in [-0.39, 0.29) is 11.5 Å². The van der Waals surface area contributed by atoms with Crippen LogP contribution in [-0.2, 0) is 0 Å². The van der Waals surface area contributed by atoms with Gasteiger partial charge >= 0.3 is 0 Å². The van der Waals surface area contributed by atoms with E-state index >= 15 is 0 Å². The zero-order chi connectivity index (χ0) is 16.5. The standard InChI is InChI=1S/C17H12N4O2S/c22-12-7-5-11(6-8-12)19-20-17-15(14-4-2-10-24-14)18-16-13(23)3-1-9-21(16)17/h1-10,22-23H. The first-order valence-corrected chi connectivity index (χ1v) is 8.05. The predicted octanol–water partition coefficient (Wildman–Crippen LogP) is 4.89. The summed E-state index contributed by atoms with van der Waals surface area (Å²) in [5, 5.41) is 29.9. The van der Waals surface area contributed by atoms with Crippen molar-refractivity contribution in [2.75, 3.05) is 0 Å². The maximum absolute atomic E-state index is 10.0. The second-order valence-electron chi connectivity index (χ2n) is 5.06. The monoisotopic (exact) mass is 336 g/mol. The Morgan fingerprint density at radius 3 is 2.54 bits per heavy atom. The highest BCUT2D eigenvalue weighted by Gasteiger charge is 2.16. The van der Waals surface area contributed by atoms with Crippen molar-refractivity contribution >= 4 is 28.5 Å². The van der Waals surface area contributed by atoms with Crippen LogP contribution in [0.2, 0.25) is 0 Å². The quantitative estimate of drug-likeness (QED) is 0.523. The number of phenolic OH excluding ortho intramolecular Hbond substituents is 1. The van der Waals surface area contributed by atoms with Gasteiger partial charge in [0.25, 0.3) is 0 Å². The molecule has 7 heteroatoms. The first-order valence-electron chi connectivity index (χ1n) is 7.17. The third-order valence-corrected chi connectivity index (χ3v) is 4.35. The Bertz CT molecular complexity index is 1020. The SMILES string of the molecule is Oc1ccc(N=Nc2c(-c3cccs3)nc3c(O)cccn23)cc1. The Labute approximate surface area is 141 Å². The molecule has 0 aliphatic carbocycles. The molecule has 0 atom stereocenters. The number of phenols is 1. The molecule has 4 rings (SSSR count). The van der Waals surface area contributed by atoms with Crippen molar-refractivity contribution in [3.63, 3.8) is 0 Å². The van der Waals surface area contributed by atoms with Crippen LogP contribution in [0.3, 0.4) is 0 Å². The molecule has 0 saturated carbocycles. The Morgan fingerprint density at radius 2 is 1.79 bits per heavy atom. The maximum Gasteiger partial charge on any atom is 0.188 e. The van der Waals surface area contributed by atoms with E-state index in [1.807, 2.05) is 17.5 Å². The molecule has 24 heavy (non-hydrogen) atoms. The highest BCUT2D eigenvalue weighted by molar-refractivity contribution is 7.13. The predicted molar refractivity (Wildman–Crippen MR) is 92.5 cm³/mol. The number of benzene rings is 1. The lowest BCUT2D eigenvalue weighted by Crippen LogP contribution is -1.82. The summed E-state index contributed by atoms with van der Waals surface area (Å²) in [7, 11) is 0. The van der Waals surface area contributed by atoms with Gasteiger partial charge in [0, 0.05) is 6.20 Å². The molecule has 0 saturated heterocycles. The molecule has 3 aromatic heterocycles. The first kappa shape index (κ1) is 14.4. The number of nitrogens with zero attached hydrogens (tertiary/aromatic N) is 4. The van der Waals surface area contributed by atoms with Gasteiger partial charge in [-0.05, 0) is 47.8 Å². The van der Waals surface area contributed by atoms with Crippen LogP contribution in [0.4, 0.5) is 11.5 Å². The van der Waals surface area contributed by atoms with E-state index in [0.717, 1.165) is 4.88 Å². The number of rotatable bonds is 3. The molecule has 6 nitrogen and oxygen atoms in total. The third kappa shape index (κ3) is 2.50. The van der Waals surface area contributed by atoms with E-state index < -0.39 is 0 Å². The van der Waals surface area contributed by atoms with Crippen molar-refractivity contribution in [1.29, 1.82) is 0 Å². The van der Waals surface area contributed by atoms with Crippen molar-refractivity contribution in [1.82, 2.24) is 9.38 Å². The molecule has 0 fully saturated rings. The normalized spacial score (nSPS) is 11.5. The summed E-state index contributed by atoms with van der Waals surface area (Å²) in [4.78, 5) is 5.45. The molecule has 0 unspecified atom stereocenters. The molecule has 0 radical (unpaired) electrons. The van der Waals surface area contributed by atoms with Gasteiger partial charge in [0.05, 0.1) is 10.6 Å². The van der Waals surface area contributed by atoms with Crippen LogP contribution in [0.5, 0.6) is 11.5 Å². The van der Waals surface area contributed by atoms with Gasteiger partial charge in [-0.1, -0.05) is 6.07 Å². The number of thiophene rings is 1. The van der Waals surface area contributed by atoms with E-state index in [1.54, 1.807) is 58.3 Å². The lowest BCUT2D eigenvalue weighted by atomic mass is 10.3. The van der Waals surface area contributed by atoms with E-state index in [0.29, 0.717) is 22.8 Å². The molecular formula is C17H12N4O2S. The number of hydrogen-bond donors (Lipinski definition) is 2. The zero-order valence-electron chi connectivity index (χ0n) is 12.4. The van der Waals surface area contributed by atoms with Crippen LogP contribution in [0.25, 0.3) is 16.2 Å². The van der Waals surface area contributed by atoms with Crippen molar-refractivity contribution in [3.8, 4) is 22.1 Å². The second-order valence-corrected chi connectivity index (χ2v) is 6.01. The summed E-state index contributed by atoms with van der Waals surface area (Å²) in [6.07, 6.45) is 1.78. The fraction of sp³-hybridized carbons (Fsp3) is 0. The second kappa shape index (κ2) is 5.78. The minimum absolute atomic E-state index is 0.0846. The lowest BCUT2D eigenvalue weighted by Gasteiger charge is -1.98. The van der Waals surface area contributed by atoms with Gasteiger partial charge in [-0.15, -0.1) is 21.6 Å². The highest BCUT2D eigenvalue weighted by atomic mass is 32.1. The lowest BCUT2D eigenvalue weighted by molar-refractivity contribution is 0.475. The van der Waals surface area contributed by atoms with E-state index in [9.17, 15) is 10.2 Å². The molecule has 118 valence electrons. The molecule has 3 heterocycles. The van der Waals surface area contributed by atoms with Gasteiger partial charge in [-0.2, -0.15) is 0 Å². The number of fused-ring (bicyclic) bond motifs is 1. The largest absolute Gasteiger partial charge is 0.508 e. The molecule has 0 aliphatic rings. The van der Waals surface area contributed by atoms with Gasteiger partial charge in [-0.25, -0.2) is 4.98 Å². The molecule has 4 aromatic rings. The van der Waals surface area contributed by atoms with Gasteiger partial charge in [0.15, 0.2) is 17.2 Å². The summed E-state index contributed by atoms with van der Waals surface area (Å²) in [6, 6.07) is 13.6. The number of hydrogen-bond acceptors (Lipinski definition) is 6. The van der Waals surface area contributed by atoms with Crippen LogP contribution in [0.15, 0.2) is 70.3 Å². The maximum atomic E-state index is 10.0. The molecule has 1 aromatic carbocycles. The molecule has 2 N–H and O–H groups in total. The summed E-state index contributed by atoms with van der Waals surface area (Å²) in [5.41, 5.74) is 1.70. The van der Waals surface area contributed by atoms with Gasteiger partial charge in [-0.3, -0.25) is 4.40 Å². The fourth-order valence-electron chi connectivity index (χ4n) is 2.34. The number of azo groups is 1. The smallest absolute Gasteiger partial charge is 0.188 e. The van der Waals surface area contributed by atoms with Crippen molar-refractivity contribution < 1.29 is 10.2 Å². The highest BCUT2D eigenvalue weighted by Crippen LogP contribution is 2.36. The van der Waals surface area contributed by atoms with E-state index in [2.05, 4.69) is 15.2 Å². The summed E-state index contributed by atoms with van der Waals surface area (Å²) in [6.45, 7) is 0. The molecule has 0 aliphatic heterocycles. The van der Waals surface area contributed by atoms with Crippen molar-refractivity contribution in [2.24, 2.45) is 10.2 Å². The number of aromatic hydroxyl groups is 2. The van der Waals surface area contributed by atoms with E-state index in [4.69, 9.17) is 0 Å². The Morgan fingerprint density at radius 1 is 0.958 bits per heavy atom. The van der Waals surface area contributed by atoms with Crippen LogP contribution in [0, 0.1) is 0 Å². The third-order valence-electron chi connectivity index (χ3n) is 3.47. The molecule has 0 bridgehead atoms. The Hall–Kier alpha value is -3.19. The number of imidazole rings is 1. The summed E-state index contributed by atoms with van der Waals surface area (Å²) in [5.74, 6) is 0.797. The van der Waals surface area contributed by atoms with Gasteiger partial charge in [0.2, 0.25) is 0 Å². The minimum atomic E-state index is 0.0846. The number of pyridine rings is 1. The van der Waals surface area contributed by atoms with Crippen molar-refractivity contribution in [2.45, 2.75) is 0 Å². The molecule has 0 spiro atoms. The van der Waals surface area contributed by atoms with Crippen LogP contribution < -0.4 is 0 Å². The minimum Gasteiger partial charge on any atom is -0.508 e. The topological polar surface area (TPSA) is 82.5 Å². The summed E-state index contributed by atoms with van der Waals surface area (Å²) < 4.78 is 1.70. The van der Waals surface area contributed by atoms with Crippen LogP contribution >= 0.6 is 11.3 Å².